The number of primary amides is 1. The number of carbonyl (C=O) groups excluding carboxylic acids is 1. The molecule has 1 rings (SSSR count). The Hall–Kier alpha value is -1.69. The molecule has 0 radical (unpaired) electrons. The van der Waals surface area contributed by atoms with Crippen molar-refractivity contribution < 1.29 is 9.53 Å². The molecule has 0 bridgehead atoms. The zero-order valence-corrected chi connectivity index (χ0v) is 9.43. The van der Waals surface area contributed by atoms with E-state index in [1.54, 1.807) is 6.07 Å². The second-order valence-electron chi connectivity index (χ2n) is 3.51. The van der Waals surface area contributed by atoms with Crippen LogP contribution in [0.3, 0.4) is 0 Å². The van der Waals surface area contributed by atoms with Crippen molar-refractivity contribution >= 4 is 11.7 Å². The van der Waals surface area contributed by atoms with Crippen molar-refractivity contribution in [1.82, 2.24) is 10.2 Å². The van der Waals surface area contributed by atoms with E-state index in [0.717, 1.165) is 0 Å². The first kappa shape index (κ1) is 12.4. The third-order valence-corrected chi connectivity index (χ3v) is 1.78. The summed E-state index contributed by atoms with van der Waals surface area (Å²) in [5.74, 6) is 0.0135. The first-order chi connectivity index (χ1) is 7.59. The number of nitrogens with zero attached hydrogens (tertiary/aromatic N) is 2. The van der Waals surface area contributed by atoms with Crippen LogP contribution in [0.15, 0.2) is 12.1 Å². The molecule has 0 atom stereocenters. The van der Waals surface area contributed by atoms with Gasteiger partial charge >= 0.3 is 0 Å². The average Bonchev–Trinajstić information content (AvgIpc) is 2.25. The number of ether oxygens (including phenoxy) is 1. The van der Waals surface area contributed by atoms with Gasteiger partial charge in [-0.3, -0.25) is 4.79 Å². The first-order valence-electron chi connectivity index (χ1n) is 5.08. The summed E-state index contributed by atoms with van der Waals surface area (Å²) in [5.41, 5.74) is 5.19. The number of carbonyl (C=O) groups is 1. The number of hydrogen-bond donors (Lipinski definition) is 2. The summed E-state index contributed by atoms with van der Waals surface area (Å²) in [4.78, 5) is 10.7. The van der Waals surface area contributed by atoms with Gasteiger partial charge in [0.1, 0.15) is 5.82 Å². The molecule has 1 aromatic rings. The van der Waals surface area contributed by atoms with Crippen LogP contribution >= 0.6 is 0 Å². The van der Waals surface area contributed by atoms with Crippen molar-refractivity contribution in [1.29, 1.82) is 0 Å². The predicted octanol–water partition coefficient (Wildman–Crippen LogP) is 0.412. The maximum absolute atomic E-state index is 10.7. The number of nitrogens with two attached hydrogens (primary N) is 1. The summed E-state index contributed by atoms with van der Waals surface area (Å²) >= 11 is 0. The molecule has 0 fully saturated rings. The Bertz CT molecular complexity index is 337. The molecule has 6 heteroatoms. The van der Waals surface area contributed by atoms with Crippen LogP contribution in [-0.2, 0) is 4.74 Å². The van der Waals surface area contributed by atoms with Crippen molar-refractivity contribution in [3.8, 4) is 0 Å². The van der Waals surface area contributed by atoms with Crippen molar-refractivity contribution in [2.24, 2.45) is 5.73 Å². The van der Waals surface area contributed by atoms with Gasteiger partial charge in [-0.25, -0.2) is 0 Å². The normalized spacial score (nSPS) is 10.4. The molecule has 1 amide bonds. The highest BCUT2D eigenvalue weighted by Gasteiger charge is 2.02. The highest BCUT2D eigenvalue weighted by molar-refractivity contribution is 5.90. The Labute approximate surface area is 94.2 Å². The Morgan fingerprint density at radius 2 is 2.25 bits per heavy atom. The second-order valence-corrected chi connectivity index (χ2v) is 3.51. The van der Waals surface area contributed by atoms with Gasteiger partial charge in [-0.2, -0.15) is 0 Å². The number of anilines is 1. The van der Waals surface area contributed by atoms with Gasteiger partial charge in [-0.05, 0) is 26.0 Å². The molecule has 16 heavy (non-hydrogen) atoms. The van der Waals surface area contributed by atoms with Gasteiger partial charge < -0.3 is 15.8 Å². The highest BCUT2D eigenvalue weighted by atomic mass is 16.5. The zero-order chi connectivity index (χ0) is 12.0. The molecular formula is C10H16N4O2. The minimum absolute atomic E-state index is 0.156. The predicted molar refractivity (Wildman–Crippen MR) is 60.1 cm³/mol. The molecule has 88 valence electrons. The van der Waals surface area contributed by atoms with E-state index in [2.05, 4.69) is 15.5 Å². The van der Waals surface area contributed by atoms with Crippen molar-refractivity contribution in [2.75, 3.05) is 18.5 Å². The summed E-state index contributed by atoms with van der Waals surface area (Å²) < 4.78 is 5.34. The summed E-state index contributed by atoms with van der Waals surface area (Å²) in [6.45, 7) is 5.18. The Kier molecular flexibility index (Phi) is 4.65. The SMILES string of the molecule is CC(C)OCCNc1ccc(C(N)=O)nn1. The Morgan fingerprint density at radius 1 is 1.50 bits per heavy atom. The largest absolute Gasteiger partial charge is 0.377 e. The molecule has 0 unspecified atom stereocenters. The van der Waals surface area contributed by atoms with E-state index in [9.17, 15) is 4.79 Å². The minimum Gasteiger partial charge on any atom is -0.377 e. The topological polar surface area (TPSA) is 90.1 Å². The molecule has 0 aliphatic heterocycles. The average molecular weight is 224 g/mol. The Balaban J connectivity index is 2.35. The molecule has 0 aliphatic rings. The van der Waals surface area contributed by atoms with E-state index in [0.29, 0.717) is 19.0 Å². The molecule has 0 aliphatic carbocycles. The monoisotopic (exact) mass is 224 g/mol. The van der Waals surface area contributed by atoms with Gasteiger partial charge in [-0.15, -0.1) is 10.2 Å². The number of aromatic nitrogens is 2. The van der Waals surface area contributed by atoms with E-state index in [4.69, 9.17) is 10.5 Å². The molecule has 1 aromatic heterocycles. The van der Waals surface area contributed by atoms with Crippen LogP contribution in [0.25, 0.3) is 0 Å². The highest BCUT2D eigenvalue weighted by Crippen LogP contribution is 2.00. The third-order valence-electron chi connectivity index (χ3n) is 1.78. The fraction of sp³-hybridized carbons (Fsp3) is 0.500. The van der Waals surface area contributed by atoms with Gasteiger partial charge in [0.2, 0.25) is 0 Å². The van der Waals surface area contributed by atoms with Gasteiger partial charge in [0, 0.05) is 6.54 Å². The molecule has 3 N–H and O–H groups in total. The maximum atomic E-state index is 10.7. The van der Waals surface area contributed by atoms with Crippen molar-refractivity contribution in [2.45, 2.75) is 20.0 Å². The van der Waals surface area contributed by atoms with E-state index < -0.39 is 5.91 Å². The number of hydrogen-bond acceptors (Lipinski definition) is 5. The maximum Gasteiger partial charge on any atom is 0.269 e. The van der Waals surface area contributed by atoms with Crippen LogP contribution in [0.2, 0.25) is 0 Å². The smallest absolute Gasteiger partial charge is 0.269 e. The lowest BCUT2D eigenvalue weighted by molar-refractivity contribution is 0.0870. The number of rotatable bonds is 6. The summed E-state index contributed by atoms with van der Waals surface area (Å²) in [5, 5.41) is 10.5. The first-order valence-corrected chi connectivity index (χ1v) is 5.08. The second kappa shape index (κ2) is 6.02. The Morgan fingerprint density at radius 3 is 2.75 bits per heavy atom. The van der Waals surface area contributed by atoms with Crippen LogP contribution in [0.1, 0.15) is 24.3 Å². The molecule has 0 aromatic carbocycles. The molecule has 1 heterocycles. The van der Waals surface area contributed by atoms with Gasteiger partial charge in [-0.1, -0.05) is 0 Å². The lowest BCUT2D eigenvalue weighted by Gasteiger charge is -2.08. The lowest BCUT2D eigenvalue weighted by Crippen LogP contribution is -2.16. The van der Waals surface area contributed by atoms with Crippen LogP contribution < -0.4 is 11.1 Å². The van der Waals surface area contributed by atoms with E-state index >= 15 is 0 Å². The van der Waals surface area contributed by atoms with Crippen molar-refractivity contribution in [3.63, 3.8) is 0 Å². The van der Waals surface area contributed by atoms with Crippen LogP contribution in [-0.4, -0.2) is 35.4 Å². The molecule has 6 nitrogen and oxygen atoms in total. The van der Waals surface area contributed by atoms with Gasteiger partial charge in [0.15, 0.2) is 5.69 Å². The summed E-state index contributed by atoms with van der Waals surface area (Å²) in [6.07, 6.45) is 0.213. The molecule has 0 spiro atoms. The molecule has 0 saturated carbocycles. The molecular weight excluding hydrogens is 208 g/mol. The number of amides is 1. The van der Waals surface area contributed by atoms with Gasteiger partial charge in [0.05, 0.1) is 12.7 Å². The summed E-state index contributed by atoms with van der Waals surface area (Å²) in [6, 6.07) is 3.18. The fourth-order valence-electron chi connectivity index (χ4n) is 1.03. The fourth-order valence-corrected chi connectivity index (χ4v) is 1.03. The minimum atomic E-state index is -0.581. The van der Waals surface area contributed by atoms with Gasteiger partial charge in [0.25, 0.3) is 5.91 Å². The summed E-state index contributed by atoms with van der Waals surface area (Å²) in [7, 11) is 0. The lowest BCUT2D eigenvalue weighted by atomic mass is 10.4. The van der Waals surface area contributed by atoms with Crippen LogP contribution in [0.4, 0.5) is 5.82 Å². The van der Waals surface area contributed by atoms with E-state index in [1.165, 1.54) is 6.07 Å². The van der Waals surface area contributed by atoms with Crippen LogP contribution in [0.5, 0.6) is 0 Å². The van der Waals surface area contributed by atoms with E-state index in [-0.39, 0.29) is 11.8 Å². The van der Waals surface area contributed by atoms with Crippen LogP contribution in [0, 0.1) is 0 Å². The third kappa shape index (κ3) is 4.22. The standard InChI is InChI=1S/C10H16N4O2/c1-7(2)16-6-5-12-9-4-3-8(10(11)15)13-14-9/h3-4,7H,5-6H2,1-2H3,(H2,11,15)(H,12,14). The van der Waals surface area contributed by atoms with Crippen molar-refractivity contribution in [3.05, 3.63) is 17.8 Å². The quantitative estimate of drug-likeness (QED) is 0.683. The van der Waals surface area contributed by atoms with E-state index in [1.807, 2.05) is 13.8 Å². The molecule has 0 saturated heterocycles. The number of nitrogens with one attached hydrogen (secondary N) is 1. The zero-order valence-electron chi connectivity index (χ0n) is 9.43.